The Morgan fingerprint density at radius 2 is 2.00 bits per heavy atom. The molecule has 10 heavy (non-hydrogen) atoms. The first-order valence-corrected chi connectivity index (χ1v) is 4.47. The lowest BCUT2D eigenvalue weighted by atomic mass is 9.85. The molecular formula is C8H15ClO. The summed E-state index contributed by atoms with van der Waals surface area (Å²) in [5.41, 5.74) is 0. The van der Waals surface area contributed by atoms with E-state index in [2.05, 4.69) is 0 Å². The van der Waals surface area contributed by atoms with E-state index in [4.69, 9.17) is 11.6 Å². The van der Waals surface area contributed by atoms with E-state index < -0.39 is 0 Å². The molecule has 0 spiro atoms. The standard InChI is InChI=1S/C8H15ClO/c1-6(10)7-4-2-3-5-8(7)9/h6-8,10H,2-5H2,1H3. The summed E-state index contributed by atoms with van der Waals surface area (Å²) < 4.78 is 0. The number of hydrogen-bond donors (Lipinski definition) is 1. The minimum absolute atomic E-state index is 0.216. The summed E-state index contributed by atoms with van der Waals surface area (Å²) in [4.78, 5) is 0. The SMILES string of the molecule is CC(O)C1CCCCC1Cl. The van der Waals surface area contributed by atoms with Gasteiger partial charge in [0.2, 0.25) is 0 Å². The summed E-state index contributed by atoms with van der Waals surface area (Å²) in [6, 6.07) is 0. The zero-order valence-corrected chi connectivity index (χ0v) is 7.14. The highest BCUT2D eigenvalue weighted by molar-refractivity contribution is 6.20. The van der Waals surface area contributed by atoms with Gasteiger partial charge in [0.1, 0.15) is 0 Å². The maximum Gasteiger partial charge on any atom is 0.0554 e. The molecule has 0 radical (unpaired) electrons. The largest absolute Gasteiger partial charge is 0.393 e. The van der Waals surface area contributed by atoms with Crippen LogP contribution in [0.5, 0.6) is 0 Å². The van der Waals surface area contributed by atoms with E-state index in [1.165, 1.54) is 12.8 Å². The number of hydrogen-bond acceptors (Lipinski definition) is 1. The second-order valence-corrected chi connectivity index (χ2v) is 3.77. The van der Waals surface area contributed by atoms with Crippen molar-refractivity contribution in [2.75, 3.05) is 0 Å². The van der Waals surface area contributed by atoms with Crippen molar-refractivity contribution < 1.29 is 5.11 Å². The Morgan fingerprint density at radius 1 is 1.40 bits per heavy atom. The van der Waals surface area contributed by atoms with Gasteiger partial charge in [-0.3, -0.25) is 0 Å². The monoisotopic (exact) mass is 162 g/mol. The molecule has 0 aromatic carbocycles. The number of halogens is 1. The summed E-state index contributed by atoms with van der Waals surface area (Å²) in [6.45, 7) is 1.84. The molecule has 0 heterocycles. The molecule has 3 atom stereocenters. The molecule has 1 fully saturated rings. The van der Waals surface area contributed by atoms with Crippen molar-refractivity contribution in [2.45, 2.75) is 44.1 Å². The fraction of sp³-hybridized carbons (Fsp3) is 1.00. The van der Waals surface area contributed by atoms with E-state index in [0.29, 0.717) is 5.92 Å². The lowest BCUT2D eigenvalue weighted by molar-refractivity contribution is 0.104. The zero-order valence-electron chi connectivity index (χ0n) is 6.39. The van der Waals surface area contributed by atoms with Gasteiger partial charge in [0, 0.05) is 11.3 Å². The molecule has 0 amide bonds. The molecule has 2 heteroatoms. The molecular weight excluding hydrogens is 148 g/mol. The van der Waals surface area contributed by atoms with Gasteiger partial charge in [0.25, 0.3) is 0 Å². The molecule has 1 rings (SSSR count). The van der Waals surface area contributed by atoms with Gasteiger partial charge in [-0.15, -0.1) is 11.6 Å². The third kappa shape index (κ3) is 1.86. The van der Waals surface area contributed by atoms with Gasteiger partial charge in [-0.2, -0.15) is 0 Å². The highest BCUT2D eigenvalue weighted by Crippen LogP contribution is 2.30. The highest BCUT2D eigenvalue weighted by atomic mass is 35.5. The van der Waals surface area contributed by atoms with Gasteiger partial charge >= 0.3 is 0 Å². The summed E-state index contributed by atoms with van der Waals surface area (Å²) >= 11 is 6.02. The molecule has 3 unspecified atom stereocenters. The highest BCUT2D eigenvalue weighted by Gasteiger charge is 2.26. The molecule has 0 aromatic rings. The van der Waals surface area contributed by atoms with E-state index in [0.717, 1.165) is 12.8 Å². The maximum absolute atomic E-state index is 9.26. The first-order valence-electron chi connectivity index (χ1n) is 4.04. The summed E-state index contributed by atoms with van der Waals surface area (Å²) in [5, 5.41) is 9.48. The number of aliphatic hydroxyl groups excluding tert-OH is 1. The van der Waals surface area contributed by atoms with Gasteiger partial charge in [-0.1, -0.05) is 12.8 Å². The molecule has 1 aliphatic carbocycles. The van der Waals surface area contributed by atoms with Crippen LogP contribution in [-0.2, 0) is 0 Å². The normalized spacial score (nSPS) is 37.5. The van der Waals surface area contributed by atoms with Crippen LogP contribution in [0.1, 0.15) is 32.6 Å². The van der Waals surface area contributed by atoms with Gasteiger partial charge in [-0.25, -0.2) is 0 Å². The van der Waals surface area contributed by atoms with Crippen LogP contribution in [0, 0.1) is 5.92 Å². The first-order chi connectivity index (χ1) is 4.72. The molecule has 0 saturated heterocycles. The fourth-order valence-corrected chi connectivity index (χ4v) is 2.15. The van der Waals surface area contributed by atoms with Crippen molar-refractivity contribution in [3.8, 4) is 0 Å². The fourth-order valence-electron chi connectivity index (χ4n) is 1.66. The Labute approximate surface area is 67.4 Å². The summed E-state index contributed by atoms with van der Waals surface area (Å²) in [6.07, 6.45) is 4.43. The van der Waals surface area contributed by atoms with E-state index in [-0.39, 0.29) is 11.5 Å². The third-order valence-corrected chi connectivity index (χ3v) is 2.89. The summed E-state index contributed by atoms with van der Waals surface area (Å²) in [7, 11) is 0. The molecule has 0 aliphatic heterocycles. The number of alkyl halides is 1. The van der Waals surface area contributed by atoms with Crippen LogP contribution >= 0.6 is 11.6 Å². The van der Waals surface area contributed by atoms with Crippen molar-refractivity contribution in [1.82, 2.24) is 0 Å². The summed E-state index contributed by atoms with van der Waals surface area (Å²) in [5.74, 6) is 0.343. The number of rotatable bonds is 1. The Hall–Kier alpha value is 0.250. The Bertz CT molecular complexity index is 103. The lowest BCUT2D eigenvalue weighted by Gasteiger charge is -2.28. The Kier molecular flexibility index (Phi) is 2.99. The van der Waals surface area contributed by atoms with Crippen molar-refractivity contribution in [2.24, 2.45) is 5.92 Å². The minimum Gasteiger partial charge on any atom is -0.393 e. The van der Waals surface area contributed by atoms with Crippen molar-refractivity contribution in [3.05, 3.63) is 0 Å². The lowest BCUT2D eigenvalue weighted by Crippen LogP contribution is -2.29. The van der Waals surface area contributed by atoms with Crippen molar-refractivity contribution >= 4 is 11.6 Å². The Morgan fingerprint density at radius 3 is 2.40 bits per heavy atom. The van der Waals surface area contributed by atoms with Gasteiger partial charge in [0.15, 0.2) is 0 Å². The van der Waals surface area contributed by atoms with E-state index >= 15 is 0 Å². The van der Waals surface area contributed by atoms with E-state index in [9.17, 15) is 5.11 Å². The van der Waals surface area contributed by atoms with Crippen LogP contribution in [0.25, 0.3) is 0 Å². The maximum atomic E-state index is 9.26. The van der Waals surface area contributed by atoms with Crippen LogP contribution < -0.4 is 0 Å². The van der Waals surface area contributed by atoms with Crippen molar-refractivity contribution in [1.29, 1.82) is 0 Å². The van der Waals surface area contributed by atoms with Crippen molar-refractivity contribution in [3.63, 3.8) is 0 Å². The smallest absolute Gasteiger partial charge is 0.0554 e. The Balaban J connectivity index is 2.40. The molecule has 0 aromatic heterocycles. The molecule has 0 bridgehead atoms. The van der Waals surface area contributed by atoms with E-state index in [1.807, 2.05) is 6.92 Å². The van der Waals surface area contributed by atoms with Crippen LogP contribution in [0.2, 0.25) is 0 Å². The first kappa shape index (κ1) is 8.35. The predicted octanol–water partition coefficient (Wildman–Crippen LogP) is 2.16. The van der Waals surface area contributed by atoms with Gasteiger partial charge in [-0.05, 0) is 19.8 Å². The third-order valence-electron chi connectivity index (χ3n) is 2.35. The zero-order chi connectivity index (χ0) is 7.56. The predicted molar refractivity (Wildman–Crippen MR) is 43.3 cm³/mol. The second-order valence-electron chi connectivity index (χ2n) is 3.20. The van der Waals surface area contributed by atoms with Crippen LogP contribution in [0.15, 0.2) is 0 Å². The average molecular weight is 163 g/mol. The molecule has 1 aliphatic rings. The second kappa shape index (κ2) is 3.59. The van der Waals surface area contributed by atoms with Crippen LogP contribution in [-0.4, -0.2) is 16.6 Å². The van der Waals surface area contributed by atoms with Gasteiger partial charge in [0.05, 0.1) is 6.10 Å². The molecule has 1 saturated carbocycles. The quantitative estimate of drug-likeness (QED) is 0.586. The topological polar surface area (TPSA) is 20.2 Å². The van der Waals surface area contributed by atoms with Gasteiger partial charge < -0.3 is 5.11 Å². The minimum atomic E-state index is -0.220. The molecule has 60 valence electrons. The molecule has 1 N–H and O–H groups in total. The van der Waals surface area contributed by atoms with E-state index in [1.54, 1.807) is 0 Å². The van der Waals surface area contributed by atoms with Crippen LogP contribution in [0.3, 0.4) is 0 Å². The number of aliphatic hydroxyl groups is 1. The average Bonchev–Trinajstić information content (AvgIpc) is 1.88. The van der Waals surface area contributed by atoms with Crippen LogP contribution in [0.4, 0.5) is 0 Å². The molecule has 1 nitrogen and oxygen atoms in total.